The molecule has 0 aliphatic carbocycles. The predicted octanol–water partition coefficient (Wildman–Crippen LogP) is 2.34. The quantitative estimate of drug-likeness (QED) is 0.784. The second-order valence-corrected chi connectivity index (χ2v) is 6.75. The number of nitrogens with two attached hydrogens (primary N) is 1. The lowest BCUT2D eigenvalue weighted by molar-refractivity contribution is 0.0951. The number of amides is 1. The summed E-state index contributed by atoms with van der Waals surface area (Å²) in [5, 5.41) is 3.00. The van der Waals surface area contributed by atoms with Crippen molar-refractivity contribution < 1.29 is 4.79 Å². The Morgan fingerprint density at radius 1 is 0.962 bits per heavy atom. The second kappa shape index (κ2) is 8.83. The van der Waals surface area contributed by atoms with Crippen molar-refractivity contribution >= 4 is 11.6 Å². The van der Waals surface area contributed by atoms with Crippen LogP contribution in [0.4, 0.5) is 5.69 Å². The third-order valence-electron chi connectivity index (χ3n) is 5.07. The Hall–Kier alpha value is -2.37. The van der Waals surface area contributed by atoms with Crippen LogP contribution in [0.1, 0.15) is 28.4 Å². The average Bonchev–Trinajstić information content (AvgIpc) is 2.68. The molecule has 1 heterocycles. The minimum Gasteiger partial charge on any atom is -0.398 e. The van der Waals surface area contributed by atoms with Crippen molar-refractivity contribution in [1.82, 2.24) is 15.1 Å². The largest absolute Gasteiger partial charge is 0.398 e. The van der Waals surface area contributed by atoms with E-state index in [-0.39, 0.29) is 5.91 Å². The van der Waals surface area contributed by atoms with Crippen molar-refractivity contribution in [3.05, 3.63) is 65.2 Å². The highest BCUT2D eigenvalue weighted by atomic mass is 16.1. The summed E-state index contributed by atoms with van der Waals surface area (Å²) >= 11 is 0. The van der Waals surface area contributed by atoms with Crippen molar-refractivity contribution in [2.24, 2.45) is 0 Å². The fourth-order valence-corrected chi connectivity index (χ4v) is 3.36. The molecule has 1 saturated heterocycles. The lowest BCUT2D eigenvalue weighted by atomic mass is 10.1. The van der Waals surface area contributed by atoms with Crippen molar-refractivity contribution in [3.8, 4) is 0 Å². The number of nitrogens with one attached hydrogen (secondary N) is 1. The van der Waals surface area contributed by atoms with E-state index in [1.807, 2.05) is 18.2 Å². The lowest BCUT2D eigenvalue weighted by Gasteiger charge is -2.34. The van der Waals surface area contributed by atoms with E-state index in [1.165, 1.54) is 5.56 Å². The molecule has 1 aliphatic rings. The molecule has 1 fully saturated rings. The molecular formula is C21H28N4O. The molecule has 0 saturated carbocycles. The lowest BCUT2D eigenvalue weighted by Crippen LogP contribution is -2.45. The number of likely N-dealkylation sites (N-methyl/N-ethyl adjacent to an activating group) is 1. The predicted molar refractivity (Wildman–Crippen MR) is 106 cm³/mol. The molecule has 5 nitrogen and oxygen atoms in total. The van der Waals surface area contributed by atoms with Crippen LogP contribution in [0.25, 0.3) is 0 Å². The number of carbonyl (C=O) groups excluding carboxylic acids is 1. The Balaban J connectivity index is 1.61. The van der Waals surface area contributed by atoms with Crippen LogP contribution in [0.5, 0.6) is 0 Å². The number of nitrogen functional groups attached to an aromatic ring is 1. The van der Waals surface area contributed by atoms with E-state index in [0.29, 0.717) is 17.8 Å². The van der Waals surface area contributed by atoms with Gasteiger partial charge in [0.1, 0.15) is 0 Å². The van der Waals surface area contributed by atoms with Gasteiger partial charge >= 0.3 is 0 Å². The highest BCUT2D eigenvalue weighted by Gasteiger charge is 2.17. The van der Waals surface area contributed by atoms with Crippen molar-refractivity contribution in [1.29, 1.82) is 0 Å². The molecule has 1 amide bonds. The summed E-state index contributed by atoms with van der Waals surface area (Å²) in [6.07, 6.45) is 0. The molecule has 5 heteroatoms. The third kappa shape index (κ3) is 4.62. The molecule has 0 radical (unpaired) electrons. The average molecular weight is 352 g/mol. The molecular weight excluding hydrogens is 324 g/mol. The number of carbonyl (C=O) groups is 1. The molecule has 0 aromatic heterocycles. The maximum absolute atomic E-state index is 12.4. The van der Waals surface area contributed by atoms with E-state index < -0.39 is 0 Å². The number of nitrogens with zero attached hydrogens (tertiary/aromatic N) is 2. The van der Waals surface area contributed by atoms with Gasteiger partial charge < -0.3 is 16.0 Å². The van der Waals surface area contributed by atoms with Crippen LogP contribution in [0, 0.1) is 0 Å². The van der Waals surface area contributed by atoms with Gasteiger partial charge in [0.05, 0.1) is 5.56 Å². The van der Waals surface area contributed by atoms with E-state index in [4.69, 9.17) is 5.73 Å². The summed E-state index contributed by atoms with van der Waals surface area (Å²) in [7, 11) is 0. The second-order valence-electron chi connectivity index (χ2n) is 6.75. The Labute approximate surface area is 155 Å². The third-order valence-corrected chi connectivity index (χ3v) is 5.07. The van der Waals surface area contributed by atoms with Crippen molar-refractivity contribution in [2.45, 2.75) is 20.0 Å². The highest BCUT2D eigenvalue weighted by Crippen LogP contribution is 2.15. The maximum atomic E-state index is 12.4. The maximum Gasteiger partial charge on any atom is 0.253 e. The Morgan fingerprint density at radius 2 is 1.58 bits per heavy atom. The Bertz CT molecular complexity index is 738. The number of hydrogen-bond acceptors (Lipinski definition) is 4. The Kier molecular flexibility index (Phi) is 6.26. The van der Waals surface area contributed by atoms with Crippen LogP contribution in [0.3, 0.4) is 0 Å². The van der Waals surface area contributed by atoms with Gasteiger partial charge in [-0.3, -0.25) is 9.69 Å². The summed E-state index contributed by atoms with van der Waals surface area (Å²) in [6, 6.07) is 15.5. The van der Waals surface area contributed by atoms with Gasteiger partial charge in [-0.25, -0.2) is 0 Å². The van der Waals surface area contributed by atoms with Crippen LogP contribution in [0.2, 0.25) is 0 Å². The van der Waals surface area contributed by atoms with Gasteiger partial charge in [0.25, 0.3) is 5.91 Å². The van der Waals surface area contributed by atoms with Gasteiger partial charge in [-0.15, -0.1) is 0 Å². The first-order valence-corrected chi connectivity index (χ1v) is 9.31. The number of rotatable bonds is 6. The molecule has 0 unspecified atom stereocenters. The fraction of sp³-hybridized carbons (Fsp3) is 0.381. The van der Waals surface area contributed by atoms with Gasteiger partial charge in [-0.2, -0.15) is 0 Å². The number of piperazine rings is 1. The van der Waals surface area contributed by atoms with E-state index in [2.05, 4.69) is 40.2 Å². The van der Waals surface area contributed by atoms with E-state index in [0.717, 1.165) is 44.8 Å². The molecule has 2 aromatic rings. The van der Waals surface area contributed by atoms with E-state index in [9.17, 15) is 4.79 Å². The summed E-state index contributed by atoms with van der Waals surface area (Å²) in [5.74, 6) is -0.130. The first-order valence-electron chi connectivity index (χ1n) is 9.31. The summed E-state index contributed by atoms with van der Waals surface area (Å²) in [6.45, 7) is 9.22. The van der Waals surface area contributed by atoms with Gasteiger partial charge in [-0.1, -0.05) is 43.3 Å². The highest BCUT2D eigenvalue weighted by molar-refractivity contribution is 5.99. The smallest absolute Gasteiger partial charge is 0.253 e. The monoisotopic (exact) mass is 352 g/mol. The van der Waals surface area contributed by atoms with E-state index in [1.54, 1.807) is 12.1 Å². The van der Waals surface area contributed by atoms with Crippen LogP contribution < -0.4 is 11.1 Å². The Morgan fingerprint density at radius 3 is 2.27 bits per heavy atom. The molecule has 0 spiro atoms. The molecule has 0 bridgehead atoms. The van der Waals surface area contributed by atoms with Crippen LogP contribution in [-0.2, 0) is 13.1 Å². The van der Waals surface area contributed by atoms with Gasteiger partial charge in [0.15, 0.2) is 0 Å². The van der Waals surface area contributed by atoms with Gasteiger partial charge in [0, 0.05) is 45.0 Å². The molecule has 138 valence electrons. The number of benzene rings is 2. The zero-order valence-electron chi connectivity index (χ0n) is 15.4. The summed E-state index contributed by atoms with van der Waals surface area (Å²) in [5.41, 5.74) is 9.37. The summed E-state index contributed by atoms with van der Waals surface area (Å²) < 4.78 is 0. The van der Waals surface area contributed by atoms with Crippen LogP contribution >= 0.6 is 0 Å². The van der Waals surface area contributed by atoms with Gasteiger partial charge in [0.2, 0.25) is 0 Å². The zero-order valence-corrected chi connectivity index (χ0v) is 15.4. The van der Waals surface area contributed by atoms with E-state index >= 15 is 0 Å². The first-order chi connectivity index (χ1) is 12.7. The van der Waals surface area contributed by atoms with Crippen molar-refractivity contribution in [3.63, 3.8) is 0 Å². The topological polar surface area (TPSA) is 61.6 Å². The van der Waals surface area contributed by atoms with Crippen LogP contribution in [0.15, 0.2) is 48.5 Å². The van der Waals surface area contributed by atoms with Crippen molar-refractivity contribution in [2.75, 3.05) is 38.5 Å². The van der Waals surface area contributed by atoms with Gasteiger partial charge in [-0.05, 0) is 29.8 Å². The fourth-order valence-electron chi connectivity index (χ4n) is 3.36. The first kappa shape index (κ1) is 18.4. The SMILES string of the molecule is CCN1CCN(Cc2ccccc2CNC(=O)c2ccccc2N)CC1. The number of hydrogen-bond donors (Lipinski definition) is 2. The minimum absolute atomic E-state index is 0.130. The number of para-hydroxylation sites is 1. The summed E-state index contributed by atoms with van der Waals surface area (Å²) in [4.78, 5) is 17.4. The minimum atomic E-state index is -0.130. The molecule has 1 aliphatic heterocycles. The van der Waals surface area contributed by atoms with Crippen LogP contribution in [-0.4, -0.2) is 48.4 Å². The zero-order chi connectivity index (χ0) is 18.4. The molecule has 3 rings (SSSR count). The molecule has 3 N–H and O–H groups in total. The molecule has 26 heavy (non-hydrogen) atoms. The number of anilines is 1. The normalized spacial score (nSPS) is 15.7. The molecule has 2 aromatic carbocycles. The molecule has 0 atom stereocenters. The standard InChI is InChI=1S/C21H28N4O/c1-2-24-11-13-25(14-12-24)16-18-8-4-3-7-17(18)15-23-21(26)19-9-5-6-10-20(19)22/h3-10H,2,11-16,22H2,1H3,(H,23,26).